The molecule has 2 aromatic carbocycles. The van der Waals surface area contributed by atoms with Crippen LogP contribution in [0.15, 0.2) is 54.6 Å². The predicted octanol–water partition coefficient (Wildman–Crippen LogP) is 3.10. The highest BCUT2D eigenvalue weighted by Gasteiger charge is 2.06. The molecule has 25 heavy (non-hydrogen) atoms. The molecule has 0 saturated carbocycles. The number of nitrogens with zero attached hydrogens (tertiary/aromatic N) is 1. The smallest absolute Gasteiger partial charge is 0.331 e. The van der Waals surface area contributed by atoms with E-state index in [1.807, 2.05) is 19.1 Å². The highest BCUT2D eigenvalue weighted by atomic mass is 16.6. The number of hydrogen-bond acceptors (Lipinski definition) is 5. The number of carbonyl (C=O) groups excluding carboxylic acids is 2. The van der Waals surface area contributed by atoms with Crippen molar-refractivity contribution in [1.82, 2.24) is 0 Å². The topological polar surface area (TPSA) is 98.5 Å². The van der Waals surface area contributed by atoms with Gasteiger partial charge in [0.2, 0.25) is 0 Å². The SMILES string of the molecule is Cc1cccc(NC(=O)COC(=O)/C=C/c2ccc([N+](=O)[O-])cc2)c1. The number of nitrogens with one attached hydrogen (secondary N) is 1. The molecule has 1 amide bonds. The summed E-state index contributed by atoms with van der Waals surface area (Å²) in [7, 11) is 0. The van der Waals surface area contributed by atoms with Gasteiger partial charge in [0.1, 0.15) is 0 Å². The Labute approximate surface area is 144 Å². The van der Waals surface area contributed by atoms with E-state index >= 15 is 0 Å². The summed E-state index contributed by atoms with van der Waals surface area (Å²) in [5.41, 5.74) is 2.20. The van der Waals surface area contributed by atoms with Crippen LogP contribution >= 0.6 is 0 Å². The molecule has 2 aromatic rings. The van der Waals surface area contributed by atoms with Crippen LogP contribution in [-0.4, -0.2) is 23.4 Å². The summed E-state index contributed by atoms with van der Waals surface area (Å²) < 4.78 is 4.84. The van der Waals surface area contributed by atoms with Gasteiger partial charge in [0, 0.05) is 23.9 Å². The molecule has 0 heterocycles. The summed E-state index contributed by atoms with van der Waals surface area (Å²) in [5.74, 6) is -1.12. The Morgan fingerprint density at radius 2 is 1.92 bits per heavy atom. The lowest BCUT2D eigenvalue weighted by molar-refractivity contribution is -0.384. The molecule has 0 aliphatic carbocycles. The Morgan fingerprint density at radius 3 is 2.56 bits per heavy atom. The van der Waals surface area contributed by atoms with Gasteiger partial charge in [-0.25, -0.2) is 4.79 Å². The Hall–Kier alpha value is -3.48. The number of nitro benzene ring substituents is 1. The van der Waals surface area contributed by atoms with Gasteiger partial charge in [0.25, 0.3) is 11.6 Å². The van der Waals surface area contributed by atoms with Crippen molar-refractivity contribution in [3.8, 4) is 0 Å². The van der Waals surface area contributed by atoms with Crippen LogP contribution in [0.5, 0.6) is 0 Å². The lowest BCUT2D eigenvalue weighted by Crippen LogP contribution is -2.20. The van der Waals surface area contributed by atoms with Crippen molar-refractivity contribution in [2.24, 2.45) is 0 Å². The van der Waals surface area contributed by atoms with Crippen LogP contribution in [0.3, 0.4) is 0 Å². The van der Waals surface area contributed by atoms with Gasteiger partial charge in [-0.1, -0.05) is 12.1 Å². The van der Waals surface area contributed by atoms with E-state index in [1.165, 1.54) is 30.3 Å². The van der Waals surface area contributed by atoms with Crippen LogP contribution in [0.25, 0.3) is 6.08 Å². The summed E-state index contributed by atoms with van der Waals surface area (Å²) in [6.45, 7) is 1.50. The average Bonchev–Trinajstić information content (AvgIpc) is 2.58. The Kier molecular flexibility index (Phi) is 6.00. The Morgan fingerprint density at radius 1 is 1.20 bits per heavy atom. The lowest BCUT2D eigenvalue weighted by atomic mass is 10.2. The average molecular weight is 340 g/mol. The second-order valence-electron chi connectivity index (χ2n) is 5.21. The molecular formula is C18H16N2O5. The quantitative estimate of drug-likeness (QED) is 0.377. The third kappa shape index (κ3) is 5.91. The molecule has 0 saturated heterocycles. The molecule has 0 fully saturated rings. The van der Waals surface area contributed by atoms with Crippen molar-refractivity contribution in [2.45, 2.75) is 6.92 Å². The number of hydrogen-bond donors (Lipinski definition) is 1. The molecule has 128 valence electrons. The van der Waals surface area contributed by atoms with Gasteiger partial charge in [-0.2, -0.15) is 0 Å². The molecule has 0 radical (unpaired) electrons. The minimum Gasteiger partial charge on any atom is -0.452 e. The number of amides is 1. The standard InChI is InChI=1S/C18H16N2O5/c1-13-3-2-4-15(11-13)19-17(21)12-25-18(22)10-7-14-5-8-16(9-6-14)20(23)24/h2-11H,12H2,1H3,(H,19,21)/b10-7+. The minimum absolute atomic E-state index is 0.0347. The van der Waals surface area contributed by atoms with Gasteiger partial charge in [0.15, 0.2) is 6.61 Å². The molecule has 0 aliphatic rings. The highest BCUT2D eigenvalue weighted by Crippen LogP contribution is 2.13. The number of anilines is 1. The first-order valence-corrected chi connectivity index (χ1v) is 7.40. The van der Waals surface area contributed by atoms with E-state index in [-0.39, 0.29) is 5.69 Å². The van der Waals surface area contributed by atoms with Crippen LogP contribution < -0.4 is 5.32 Å². The predicted molar refractivity (Wildman–Crippen MR) is 92.9 cm³/mol. The summed E-state index contributed by atoms with van der Waals surface area (Å²) >= 11 is 0. The van der Waals surface area contributed by atoms with E-state index in [9.17, 15) is 19.7 Å². The molecule has 0 aliphatic heterocycles. The maximum Gasteiger partial charge on any atom is 0.331 e. The van der Waals surface area contributed by atoms with Crippen molar-refractivity contribution in [3.05, 3.63) is 75.8 Å². The van der Waals surface area contributed by atoms with Gasteiger partial charge in [-0.3, -0.25) is 14.9 Å². The maximum atomic E-state index is 11.7. The first-order valence-electron chi connectivity index (χ1n) is 7.40. The number of rotatable bonds is 6. The monoisotopic (exact) mass is 340 g/mol. The van der Waals surface area contributed by atoms with E-state index in [0.717, 1.165) is 11.6 Å². The fourth-order valence-electron chi connectivity index (χ4n) is 1.98. The molecule has 1 N–H and O–H groups in total. The van der Waals surface area contributed by atoms with Gasteiger partial charge in [-0.15, -0.1) is 0 Å². The molecule has 0 aromatic heterocycles. The molecule has 0 bridgehead atoms. The molecule has 0 atom stereocenters. The van der Waals surface area contributed by atoms with Crippen molar-refractivity contribution in [3.63, 3.8) is 0 Å². The van der Waals surface area contributed by atoms with Gasteiger partial charge < -0.3 is 10.1 Å². The van der Waals surface area contributed by atoms with Crippen LogP contribution in [0.2, 0.25) is 0 Å². The third-order valence-electron chi connectivity index (χ3n) is 3.16. The van der Waals surface area contributed by atoms with Crippen molar-refractivity contribution < 1.29 is 19.2 Å². The van der Waals surface area contributed by atoms with Crippen molar-refractivity contribution >= 4 is 29.3 Å². The van der Waals surface area contributed by atoms with Crippen molar-refractivity contribution in [2.75, 3.05) is 11.9 Å². The number of aryl methyl sites for hydroxylation is 1. The fourth-order valence-corrected chi connectivity index (χ4v) is 1.98. The zero-order chi connectivity index (χ0) is 18.2. The second-order valence-corrected chi connectivity index (χ2v) is 5.21. The Balaban J connectivity index is 1.81. The van der Waals surface area contributed by atoms with Gasteiger partial charge in [-0.05, 0) is 48.4 Å². The molecule has 2 rings (SSSR count). The molecule has 0 spiro atoms. The zero-order valence-corrected chi connectivity index (χ0v) is 13.5. The summed E-state index contributed by atoms with van der Waals surface area (Å²) in [4.78, 5) is 33.4. The van der Waals surface area contributed by atoms with Crippen LogP contribution in [0, 0.1) is 17.0 Å². The largest absolute Gasteiger partial charge is 0.452 e. The number of non-ortho nitro benzene ring substituents is 1. The number of carbonyl (C=O) groups is 2. The normalized spacial score (nSPS) is 10.4. The summed E-state index contributed by atoms with van der Waals surface area (Å²) in [6.07, 6.45) is 2.60. The first kappa shape index (κ1) is 17.9. The highest BCUT2D eigenvalue weighted by molar-refractivity contribution is 5.94. The third-order valence-corrected chi connectivity index (χ3v) is 3.16. The van der Waals surface area contributed by atoms with E-state index in [0.29, 0.717) is 11.3 Å². The number of ether oxygens (including phenoxy) is 1. The molecule has 7 nitrogen and oxygen atoms in total. The summed E-state index contributed by atoms with van der Waals surface area (Å²) in [5, 5.41) is 13.2. The minimum atomic E-state index is -0.683. The number of nitro groups is 1. The van der Waals surface area contributed by atoms with Crippen molar-refractivity contribution in [1.29, 1.82) is 0 Å². The molecular weight excluding hydrogens is 324 g/mol. The molecule has 0 unspecified atom stereocenters. The molecule has 7 heteroatoms. The first-order chi connectivity index (χ1) is 11.9. The van der Waals surface area contributed by atoms with E-state index in [2.05, 4.69) is 5.32 Å². The van der Waals surface area contributed by atoms with E-state index < -0.39 is 23.4 Å². The lowest BCUT2D eigenvalue weighted by Gasteiger charge is -2.06. The van der Waals surface area contributed by atoms with Gasteiger partial charge in [0.05, 0.1) is 4.92 Å². The fraction of sp³-hybridized carbons (Fsp3) is 0.111. The second kappa shape index (κ2) is 8.39. The summed E-state index contributed by atoms with van der Waals surface area (Å²) in [6, 6.07) is 12.9. The van der Waals surface area contributed by atoms with E-state index in [1.54, 1.807) is 12.1 Å². The van der Waals surface area contributed by atoms with Crippen LogP contribution in [0.4, 0.5) is 11.4 Å². The number of benzene rings is 2. The Bertz CT molecular complexity index is 812. The maximum absolute atomic E-state index is 11.7. The zero-order valence-electron chi connectivity index (χ0n) is 13.5. The number of esters is 1. The van der Waals surface area contributed by atoms with Crippen LogP contribution in [-0.2, 0) is 14.3 Å². The van der Waals surface area contributed by atoms with E-state index in [4.69, 9.17) is 4.74 Å². The van der Waals surface area contributed by atoms with Gasteiger partial charge >= 0.3 is 5.97 Å². The van der Waals surface area contributed by atoms with Crippen LogP contribution in [0.1, 0.15) is 11.1 Å².